The van der Waals surface area contributed by atoms with Crippen LogP contribution in [0, 0.1) is 17.1 Å². The summed E-state index contributed by atoms with van der Waals surface area (Å²) in [5.41, 5.74) is 2.13. The Hall–Kier alpha value is -1.95. The van der Waals surface area contributed by atoms with E-state index in [-0.39, 0.29) is 23.9 Å². The number of likely N-dealkylation sites (N-methyl/N-ethyl adjacent to an activating group) is 1. The van der Waals surface area contributed by atoms with Gasteiger partial charge in [-0.05, 0) is 31.5 Å². The Bertz CT molecular complexity index is 768. The first-order chi connectivity index (χ1) is 11.1. The molecule has 0 radical (unpaired) electrons. The number of nitrogens with one attached hydrogen (secondary N) is 1. The zero-order valence-corrected chi connectivity index (χ0v) is 16.1. The third-order valence-corrected chi connectivity index (χ3v) is 4.90. The average molecular weight is 347 g/mol. The number of aromatic amines is 1. The lowest BCUT2D eigenvalue weighted by Gasteiger charge is -2.35. The predicted molar refractivity (Wildman–Crippen MR) is 99.3 cm³/mol. The highest BCUT2D eigenvalue weighted by Gasteiger charge is 2.27. The number of nitrogens with zero attached hydrogens (tertiary/aromatic N) is 3. The van der Waals surface area contributed by atoms with Crippen molar-refractivity contribution in [3.63, 3.8) is 0 Å². The molecule has 1 aromatic heterocycles. The number of benzene rings is 1. The average Bonchev–Trinajstić information content (AvgIpc) is 2.87. The van der Waals surface area contributed by atoms with Crippen molar-refractivity contribution in [1.82, 2.24) is 19.7 Å². The number of amides is 1. The van der Waals surface area contributed by atoms with Gasteiger partial charge in [0.05, 0.1) is 0 Å². The maximum Gasteiger partial charge on any atom is 0.242 e. The van der Waals surface area contributed by atoms with E-state index in [0.29, 0.717) is 10.6 Å². The van der Waals surface area contributed by atoms with Crippen LogP contribution in [0.15, 0.2) is 24.3 Å². The van der Waals surface area contributed by atoms with Crippen molar-refractivity contribution in [2.45, 2.75) is 47.2 Å². The summed E-state index contributed by atoms with van der Waals surface area (Å²) in [4.78, 5) is 14.5. The molecule has 0 aliphatic rings. The fourth-order valence-corrected chi connectivity index (χ4v) is 2.63. The van der Waals surface area contributed by atoms with Gasteiger partial charge in [-0.3, -0.25) is 14.5 Å². The highest BCUT2D eigenvalue weighted by Crippen LogP contribution is 2.24. The Balaban J connectivity index is 2.27. The number of aromatic nitrogens is 3. The van der Waals surface area contributed by atoms with Crippen molar-refractivity contribution in [2.75, 3.05) is 7.05 Å². The third kappa shape index (κ3) is 3.93. The molecule has 1 aromatic carbocycles. The minimum Gasteiger partial charge on any atom is -0.341 e. The first-order valence-electron chi connectivity index (χ1n) is 8.09. The molecule has 0 spiro atoms. The van der Waals surface area contributed by atoms with E-state index in [1.165, 1.54) is 5.56 Å². The van der Waals surface area contributed by atoms with Crippen LogP contribution in [0.25, 0.3) is 11.4 Å². The quantitative estimate of drug-likeness (QED) is 0.857. The second-order valence-corrected chi connectivity index (χ2v) is 7.74. The van der Waals surface area contributed by atoms with Gasteiger partial charge in [-0.25, -0.2) is 0 Å². The Morgan fingerprint density at radius 1 is 1.33 bits per heavy atom. The van der Waals surface area contributed by atoms with E-state index in [4.69, 9.17) is 12.2 Å². The molecule has 0 unspecified atom stereocenters. The summed E-state index contributed by atoms with van der Waals surface area (Å²) < 4.78 is 2.21. The Kier molecular flexibility index (Phi) is 5.28. The summed E-state index contributed by atoms with van der Waals surface area (Å²) in [6.45, 7) is 10.7. The van der Waals surface area contributed by atoms with Gasteiger partial charge in [0, 0.05) is 18.7 Å². The van der Waals surface area contributed by atoms with E-state index in [9.17, 15) is 4.79 Å². The van der Waals surface area contributed by atoms with E-state index < -0.39 is 0 Å². The number of aryl methyl sites for hydroxylation is 1. The molecule has 0 saturated carbocycles. The molecule has 130 valence electrons. The van der Waals surface area contributed by atoms with Crippen LogP contribution < -0.4 is 0 Å². The minimum atomic E-state index is 0.0159. The lowest BCUT2D eigenvalue weighted by atomic mass is 9.87. The number of hydrogen-bond donors (Lipinski definition) is 1. The normalized spacial score (nSPS) is 12.9. The van der Waals surface area contributed by atoms with Crippen molar-refractivity contribution in [3.8, 4) is 11.4 Å². The number of carbonyl (C=O) groups excluding carboxylic acids is 1. The molecule has 24 heavy (non-hydrogen) atoms. The zero-order chi connectivity index (χ0) is 18.1. The monoisotopic (exact) mass is 346 g/mol. The van der Waals surface area contributed by atoms with Crippen LogP contribution in [-0.2, 0) is 11.3 Å². The van der Waals surface area contributed by atoms with Crippen LogP contribution in [-0.4, -0.2) is 38.7 Å². The van der Waals surface area contributed by atoms with Crippen LogP contribution in [0.5, 0.6) is 0 Å². The Labute approximate surface area is 148 Å². The van der Waals surface area contributed by atoms with Gasteiger partial charge in [-0.2, -0.15) is 5.10 Å². The summed E-state index contributed by atoms with van der Waals surface area (Å²) in [5, 5.41) is 7.10. The van der Waals surface area contributed by atoms with Crippen LogP contribution in [0.4, 0.5) is 0 Å². The lowest BCUT2D eigenvalue weighted by molar-refractivity contribution is -0.134. The summed E-state index contributed by atoms with van der Waals surface area (Å²) in [6.07, 6.45) is 0. The van der Waals surface area contributed by atoms with E-state index >= 15 is 0 Å². The smallest absolute Gasteiger partial charge is 0.242 e. The molecule has 0 fully saturated rings. The van der Waals surface area contributed by atoms with Gasteiger partial charge in [-0.15, -0.1) is 0 Å². The van der Waals surface area contributed by atoms with Gasteiger partial charge in [0.15, 0.2) is 10.6 Å². The van der Waals surface area contributed by atoms with Crippen molar-refractivity contribution in [2.24, 2.45) is 5.41 Å². The van der Waals surface area contributed by atoms with Crippen LogP contribution in [0.2, 0.25) is 0 Å². The highest BCUT2D eigenvalue weighted by molar-refractivity contribution is 7.71. The van der Waals surface area contributed by atoms with Crippen LogP contribution >= 0.6 is 12.2 Å². The van der Waals surface area contributed by atoms with E-state index in [2.05, 4.69) is 37.9 Å². The summed E-state index contributed by atoms with van der Waals surface area (Å²) in [5.74, 6) is 0.702. The standard InChI is InChI=1S/C18H26N4OS/c1-12-7-9-14(10-8-12)16-19-20-17(24)22(16)11-15(23)21(6)13(2)18(3,4)5/h7-10,13H,11H2,1-6H3,(H,20,24)/t13-/m0/s1. The molecule has 5 nitrogen and oxygen atoms in total. The first-order valence-corrected chi connectivity index (χ1v) is 8.50. The molecule has 2 rings (SSSR count). The maximum absolute atomic E-state index is 12.7. The van der Waals surface area contributed by atoms with Crippen molar-refractivity contribution >= 4 is 18.1 Å². The van der Waals surface area contributed by atoms with Gasteiger partial charge < -0.3 is 4.90 Å². The second-order valence-electron chi connectivity index (χ2n) is 7.35. The SMILES string of the molecule is Cc1ccc(-c2n[nH]c(=S)n2CC(=O)N(C)[C@@H](C)C(C)(C)C)cc1. The zero-order valence-electron chi connectivity index (χ0n) is 15.3. The molecule has 1 atom stereocenters. The fraction of sp³-hybridized carbons (Fsp3) is 0.500. The van der Waals surface area contributed by atoms with E-state index in [1.807, 2.05) is 38.2 Å². The van der Waals surface area contributed by atoms with Gasteiger partial charge in [0.2, 0.25) is 5.91 Å². The van der Waals surface area contributed by atoms with E-state index in [0.717, 1.165) is 5.56 Å². The predicted octanol–water partition coefficient (Wildman–Crippen LogP) is 3.81. The van der Waals surface area contributed by atoms with E-state index in [1.54, 1.807) is 9.47 Å². The second kappa shape index (κ2) is 6.89. The van der Waals surface area contributed by atoms with Crippen LogP contribution in [0.3, 0.4) is 0 Å². The summed E-state index contributed by atoms with van der Waals surface area (Å²) in [7, 11) is 1.84. The third-order valence-electron chi connectivity index (χ3n) is 4.59. The molecular weight excluding hydrogens is 320 g/mol. The van der Waals surface area contributed by atoms with Crippen molar-refractivity contribution < 1.29 is 4.79 Å². The summed E-state index contributed by atoms with van der Waals surface area (Å²) in [6, 6.07) is 8.14. The molecule has 2 aromatic rings. The fourth-order valence-electron chi connectivity index (χ4n) is 2.43. The molecule has 0 aliphatic carbocycles. The Morgan fingerprint density at radius 3 is 2.46 bits per heavy atom. The maximum atomic E-state index is 12.7. The molecule has 0 bridgehead atoms. The number of H-pyrrole nitrogens is 1. The van der Waals surface area contributed by atoms with Crippen molar-refractivity contribution in [1.29, 1.82) is 0 Å². The topological polar surface area (TPSA) is 53.9 Å². The molecule has 6 heteroatoms. The Morgan fingerprint density at radius 2 is 1.92 bits per heavy atom. The van der Waals surface area contributed by atoms with Gasteiger partial charge in [0.25, 0.3) is 0 Å². The molecule has 1 N–H and O–H groups in total. The number of hydrogen-bond acceptors (Lipinski definition) is 3. The van der Waals surface area contributed by atoms with Gasteiger partial charge >= 0.3 is 0 Å². The van der Waals surface area contributed by atoms with Crippen LogP contribution in [0.1, 0.15) is 33.3 Å². The highest BCUT2D eigenvalue weighted by atomic mass is 32.1. The molecular formula is C18H26N4OS. The molecule has 0 aliphatic heterocycles. The molecule has 0 saturated heterocycles. The number of rotatable bonds is 4. The minimum absolute atomic E-state index is 0.0159. The molecule has 1 amide bonds. The van der Waals surface area contributed by atoms with Gasteiger partial charge in [-0.1, -0.05) is 50.6 Å². The summed E-state index contributed by atoms with van der Waals surface area (Å²) >= 11 is 5.32. The largest absolute Gasteiger partial charge is 0.341 e. The lowest BCUT2D eigenvalue weighted by Crippen LogP contribution is -2.44. The van der Waals surface area contributed by atoms with Crippen molar-refractivity contribution in [3.05, 3.63) is 34.6 Å². The molecule has 1 heterocycles. The van der Waals surface area contributed by atoms with Gasteiger partial charge in [0.1, 0.15) is 6.54 Å². The number of carbonyl (C=O) groups is 1. The first kappa shape index (κ1) is 18.4.